The van der Waals surface area contributed by atoms with Gasteiger partial charge in [0.15, 0.2) is 0 Å². The molecule has 2 nitrogen and oxygen atoms in total. The fourth-order valence-electron chi connectivity index (χ4n) is 9.39. The third-order valence-corrected chi connectivity index (χ3v) is 13.4. The highest BCUT2D eigenvalue weighted by molar-refractivity contribution is 7.26. The third-order valence-electron chi connectivity index (χ3n) is 12.2. The Labute approximate surface area is 358 Å². The summed E-state index contributed by atoms with van der Waals surface area (Å²) in [4.78, 5) is 2.43. The molecule has 61 heavy (non-hydrogen) atoms. The van der Waals surface area contributed by atoms with Crippen molar-refractivity contribution in [3.63, 3.8) is 0 Å². The van der Waals surface area contributed by atoms with Gasteiger partial charge in [0.2, 0.25) is 0 Å². The van der Waals surface area contributed by atoms with Gasteiger partial charge in [0.05, 0.1) is 21.4 Å². The lowest BCUT2D eigenvalue weighted by Gasteiger charge is -2.26. The number of thiophene rings is 1. The van der Waals surface area contributed by atoms with Gasteiger partial charge in [0, 0.05) is 43.3 Å². The predicted molar refractivity (Wildman–Crippen MR) is 262 cm³/mol. The van der Waals surface area contributed by atoms with Crippen molar-refractivity contribution < 1.29 is 0 Å². The molecule has 0 N–H and O–H groups in total. The highest BCUT2D eigenvalue weighted by atomic mass is 32.1. The zero-order chi connectivity index (χ0) is 40.3. The van der Waals surface area contributed by atoms with E-state index >= 15 is 0 Å². The van der Waals surface area contributed by atoms with Crippen LogP contribution in [0, 0.1) is 0 Å². The van der Waals surface area contributed by atoms with Crippen molar-refractivity contribution in [3.8, 4) is 39.1 Å². The van der Waals surface area contributed by atoms with E-state index in [1.807, 2.05) is 11.3 Å². The second-order valence-electron chi connectivity index (χ2n) is 15.7. The highest BCUT2D eigenvalue weighted by Crippen LogP contribution is 2.46. The zero-order valence-electron chi connectivity index (χ0n) is 33.2. The van der Waals surface area contributed by atoms with Crippen LogP contribution < -0.4 is 4.90 Å². The molecule has 0 saturated heterocycles. The van der Waals surface area contributed by atoms with Crippen molar-refractivity contribution in [1.29, 1.82) is 0 Å². The summed E-state index contributed by atoms with van der Waals surface area (Å²) >= 11 is 1.86. The van der Waals surface area contributed by atoms with Crippen molar-refractivity contribution in [3.05, 3.63) is 231 Å². The summed E-state index contributed by atoms with van der Waals surface area (Å²) in [6.45, 7) is 0. The van der Waals surface area contributed by atoms with Crippen molar-refractivity contribution in [1.82, 2.24) is 4.57 Å². The van der Waals surface area contributed by atoms with Gasteiger partial charge < -0.3 is 9.47 Å². The Bertz CT molecular complexity index is 3520. The van der Waals surface area contributed by atoms with Crippen molar-refractivity contribution in [2.45, 2.75) is 0 Å². The van der Waals surface area contributed by atoms with Crippen LogP contribution in [0.25, 0.3) is 91.8 Å². The van der Waals surface area contributed by atoms with Gasteiger partial charge >= 0.3 is 0 Å². The van der Waals surface area contributed by atoms with E-state index < -0.39 is 0 Å². The lowest BCUT2D eigenvalue weighted by Crippen LogP contribution is -2.10. The van der Waals surface area contributed by atoms with Crippen molar-refractivity contribution >= 4 is 81.1 Å². The lowest BCUT2D eigenvalue weighted by atomic mass is 9.91. The first-order valence-electron chi connectivity index (χ1n) is 20.8. The van der Waals surface area contributed by atoms with E-state index in [0.717, 1.165) is 17.1 Å². The average Bonchev–Trinajstić information content (AvgIpc) is 3.89. The molecule has 2 heterocycles. The van der Waals surface area contributed by atoms with Gasteiger partial charge in [0.1, 0.15) is 0 Å². The minimum absolute atomic E-state index is 1.11. The van der Waals surface area contributed by atoms with Gasteiger partial charge in [-0.05, 0) is 105 Å². The number of fused-ring (bicyclic) bond motifs is 7. The molecule has 0 radical (unpaired) electrons. The van der Waals surface area contributed by atoms with E-state index in [2.05, 4.69) is 240 Å². The van der Waals surface area contributed by atoms with Crippen molar-refractivity contribution in [2.24, 2.45) is 0 Å². The molecule has 3 heteroatoms. The Morgan fingerprint density at radius 2 is 0.885 bits per heavy atom. The fraction of sp³-hybridized carbons (Fsp3) is 0. The quantitative estimate of drug-likeness (QED) is 0.156. The van der Waals surface area contributed by atoms with Gasteiger partial charge in [-0.25, -0.2) is 0 Å². The molecule has 0 aliphatic heterocycles. The molecule has 286 valence electrons. The fourth-order valence-corrected chi connectivity index (χ4v) is 10.6. The third kappa shape index (κ3) is 5.93. The first kappa shape index (κ1) is 35.2. The van der Waals surface area contributed by atoms with Crippen LogP contribution in [0.4, 0.5) is 17.1 Å². The summed E-state index contributed by atoms with van der Waals surface area (Å²) in [5.74, 6) is 0. The van der Waals surface area contributed by atoms with Gasteiger partial charge in [-0.1, -0.05) is 170 Å². The number of benzene rings is 10. The van der Waals surface area contributed by atoms with Crippen LogP contribution in [0.3, 0.4) is 0 Å². The van der Waals surface area contributed by atoms with Crippen LogP contribution in [-0.4, -0.2) is 4.57 Å². The number of para-hydroxylation sites is 2. The van der Waals surface area contributed by atoms with E-state index in [9.17, 15) is 0 Å². The van der Waals surface area contributed by atoms with Crippen LogP contribution in [0.5, 0.6) is 0 Å². The maximum atomic E-state index is 2.43. The average molecular weight is 795 g/mol. The summed E-state index contributed by atoms with van der Waals surface area (Å²) in [5.41, 5.74) is 14.2. The molecule has 0 atom stereocenters. The summed E-state index contributed by atoms with van der Waals surface area (Å²) in [7, 11) is 0. The maximum Gasteiger partial charge on any atom is 0.0640 e. The van der Waals surface area contributed by atoms with Crippen LogP contribution in [0.2, 0.25) is 0 Å². The molecule has 0 spiro atoms. The Hall–Kier alpha value is -7.72. The molecular formula is C58H38N2S. The molecule has 0 aliphatic rings. The second kappa shape index (κ2) is 14.5. The monoisotopic (exact) mass is 794 g/mol. The van der Waals surface area contributed by atoms with E-state index in [0.29, 0.717) is 0 Å². The Kier molecular flexibility index (Phi) is 8.39. The van der Waals surface area contributed by atoms with E-state index in [1.54, 1.807) is 0 Å². The minimum Gasteiger partial charge on any atom is -0.309 e. The van der Waals surface area contributed by atoms with Gasteiger partial charge in [-0.3, -0.25) is 0 Å². The molecular weight excluding hydrogens is 757 g/mol. The first-order valence-corrected chi connectivity index (χ1v) is 21.7. The van der Waals surface area contributed by atoms with Gasteiger partial charge in [0.25, 0.3) is 0 Å². The SMILES string of the molecule is c1ccc(-c2cccc3cccc(-c4ccc(N(c5ccc(-c6cccc(-n7c8ccccc8c8ccccc87)c6)cc5)c5cccc6c5sc5ccccc56)cc4)c23)cc1. The summed E-state index contributed by atoms with van der Waals surface area (Å²) < 4.78 is 4.96. The molecule has 10 aromatic carbocycles. The molecule has 0 bridgehead atoms. The Morgan fingerprint density at radius 3 is 1.57 bits per heavy atom. The smallest absolute Gasteiger partial charge is 0.0640 e. The predicted octanol–water partition coefficient (Wildman–Crippen LogP) is 16.8. The number of aromatic nitrogens is 1. The minimum atomic E-state index is 1.11. The molecule has 2 aromatic heterocycles. The number of hydrogen-bond donors (Lipinski definition) is 0. The van der Waals surface area contributed by atoms with Crippen LogP contribution >= 0.6 is 11.3 Å². The molecule has 0 amide bonds. The molecule has 0 saturated carbocycles. The van der Waals surface area contributed by atoms with Crippen LogP contribution in [0.15, 0.2) is 231 Å². The Balaban J connectivity index is 0.972. The standard InChI is InChI=1S/C58H38N2S/c1-2-14-40(15-3-1)47-23-11-16-42-17-12-24-48(57(42)47)41-32-36-45(37-33-41)59(55-28-13-25-52-51-22-6-9-29-56(51)61-58(52)55)44-34-30-39(31-35-44)43-18-10-19-46(38-43)60-53-26-7-4-20-49(53)50-21-5-8-27-54(50)60/h1-38H. The topological polar surface area (TPSA) is 8.17 Å². The number of nitrogens with zero attached hydrogens (tertiary/aromatic N) is 2. The second-order valence-corrected chi connectivity index (χ2v) is 16.7. The van der Waals surface area contributed by atoms with Gasteiger partial charge in [-0.2, -0.15) is 0 Å². The first-order chi connectivity index (χ1) is 30.3. The van der Waals surface area contributed by atoms with Gasteiger partial charge in [-0.15, -0.1) is 11.3 Å². The number of anilines is 3. The molecule has 0 aliphatic carbocycles. The maximum absolute atomic E-state index is 2.43. The van der Waals surface area contributed by atoms with E-state index in [1.165, 1.54) is 91.8 Å². The number of hydrogen-bond acceptors (Lipinski definition) is 2. The van der Waals surface area contributed by atoms with Crippen LogP contribution in [-0.2, 0) is 0 Å². The number of rotatable bonds is 7. The summed E-state index contributed by atoms with van der Waals surface area (Å²) in [5, 5.41) is 7.62. The lowest BCUT2D eigenvalue weighted by molar-refractivity contribution is 1.18. The van der Waals surface area contributed by atoms with E-state index in [-0.39, 0.29) is 0 Å². The normalized spacial score (nSPS) is 11.6. The van der Waals surface area contributed by atoms with Crippen LogP contribution in [0.1, 0.15) is 0 Å². The van der Waals surface area contributed by atoms with Crippen molar-refractivity contribution in [2.75, 3.05) is 4.90 Å². The Morgan fingerprint density at radius 1 is 0.361 bits per heavy atom. The summed E-state index contributed by atoms with van der Waals surface area (Å²) in [6, 6.07) is 84.1. The highest BCUT2D eigenvalue weighted by Gasteiger charge is 2.19. The summed E-state index contributed by atoms with van der Waals surface area (Å²) in [6.07, 6.45) is 0. The molecule has 0 unspecified atom stereocenters. The molecule has 12 aromatic rings. The molecule has 12 rings (SSSR count). The zero-order valence-corrected chi connectivity index (χ0v) is 34.1. The largest absolute Gasteiger partial charge is 0.309 e. The van der Waals surface area contributed by atoms with E-state index in [4.69, 9.17) is 0 Å². The molecule has 0 fully saturated rings.